The van der Waals surface area contributed by atoms with Crippen LogP contribution in [-0.4, -0.2) is 22.1 Å². The number of carboxylic acids is 1. The van der Waals surface area contributed by atoms with Crippen LogP contribution >= 0.6 is 11.6 Å². The van der Waals surface area contributed by atoms with Gasteiger partial charge < -0.3 is 15.7 Å². The van der Waals surface area contributed by atoms with Crippen molar-refractivity contribution in [1.82, 2.24) is 10.3 Å². The molecule has 0 radical (unpaired) electrons. The summed E-state index contributed by atoms with van der Waals surface area (Å²) in [5.74, 6) is -1.10. The van der Waals surface area contributed by atoms with Gasteiger partial charge >= 0.3 is 12.0 Å². The number of carbonyl (C=O) groups is 2. The van der Waals surface area contributed by atoms with Crippen LogP contribution in [0, 0.1) is 0 Å². The normalized spacial score (nSPS) is 9.95. The summed E-state index contributed by atoms with van der Waals surface area (Å²) in [6.45, 7) is 0.328. The van der Waals surface area contributed by atoms with Crippen molar-refractivity contribution in [2.75, 3.05) is 5.32 Å². The molecule has 1 heterocycles. The van der Waals surface area contributed by atoms with E-state index in [1.807, 2.05) is 0 Å². The van der Waals surface area contributed by atoms with Crippen molar-refractivity contribution in [3.63, 3.8) is 0 Å². The highest BCUT2D eigenvalue weighted by atomic mass is 35.5. The smallest absolute Gasteiger partial charge is 0.337 e. The number of hydrogen-bond acceptors (Lipinski definition) is 3. The van der Waals surface area contributed by atoms with Crippen LogP contribution in [0.5, 0.6) is 0 Å². The second kappa shape index (κ2) is 6.71. The Bertz CT molecular complexity index is 659. The molecule has 0 fully saturated rings. The van der Waals surface area contributed by atoms with Gasteiger partial charge in [-0.15, -0.1) is 0 Å². The molecule has 0 aliphatic carbocycles. The van der Waals surface area contributed by atoms with E-state index in [9.17, 15) is 9.59 Å². The zero-order valence-electron chi connectivity index (χ0n) is 10.8. The maximum atomic E-state index is 11.7. The first-order chi connectivity index (χ1) is 10.0. The van der Waals surface area contributed by atoms with Crippen LogP contribution in [0.4, 0.5) is 10.5 Å². The van der Waals surface area contributed by atoms with Gasteiger partial charge in [0.15, 0.2) is 0 Å². The topological polar surface area (TPSA) is 91.3 Å². The molecule has 21 heavy (non-hydrogen) atoms. The Morgan fingerprint density at radius 3 is 2.57 bits per heavy atom. The summed E-state index contributed by atoms with van der Waals surface area (Å²) in [4.78, 5) is 26.3. The number of hydrogen-bond donors (Lipinski definition) is 3. The standard InChI is InChI=1S/C14H12ClN3O3/c15-11-3-1-9(2-4-11)6-17-14(21)18-12-5-10(13(19)20)7-16-8-12/h1-5,7-8H,6H2,(H,19,20)(H2,17,18,21). The third-order valence-corrected chi connectivity index (χ3v) is 2.86. The van der Waals surface area contributed by atoms with Crippen LogP contribution in [0.1, 0.15) is 15.9 Å². The predicted molar refractivity (Wildman–Crippen MR) is 78.5 cm³/mol. The number of carboxylic acid groups (broad SMARTS) is 1. The van der Waals surface area contributed by atoms with Crippen molar-refractivity contribution < 1.29 is 14.7 Å². The molecule has 0 saturated heterocycles. The lowest BCUT2D eigenvalue weighted by atomic mass is 10.2. The first-order valence-electron chi connectivity index (χ1n) is 6.02. The SMILES string of the molecule is O=C(NCc1ccc(Cl)cc1)Nc1cncc(C(=O)O)c1. The molecule has 2 rings (SSSR count). The van der Waals surface area contributed by atoms with Crippen molar-refractivity contribution in [2.24, 2.45) is 0 Å². The van der Waals surface area contributed by atoms with E-state index in [1.165, 1.54) is 18.5 Å². The van der Waals surface area contributed by atoms with Gasteiger partial charge in [-0.25, -0.2) is 9.59 Å². The Labute approximate surface area is 125 Å². The third kappa shape index (κ3) is 4.47. The van der Waals surface area contributed by atoms with Crippen LogP contribution in [0.25, 0.3) is 0 Å². The van der Waals surface area contributed by atoms with E-state index in [2.05, 4.69) is 15.6 Å². The van der Waals surface area contributed by atoms with Crippen molar-refractivity contribution in [3.05, 3.63) is 58.9 Å². The van der Waals surface area contributed by atoms with Crippen molar-refractivity contribution >= 4 is 29.3 Å². The molecule has 0 bridgehead atoms. The fourth-order valence-electron chi connectivity index (χ4n) is 1.59. The van der Waals surface area contributed by atoms with Crippen molar-refractivity contribution in [2.45, 2.75) is 6.54 Å². The molecule has 0 unspecified atom stereocenters. The molecule has 6 nitrogen and oxygen atoms in total. The van der Waals surface area contributed by atoms with Gasteiger partial charge in [0.2, 0.25) is 0 Å². The number of anilines is 1. The van der Waals surface area contributed by atoms with E-state index in [4.69, 9.17) is 16.7 Å². The molecule has 0 atom stereocenters. The second-order valence-electron chi connectivity index (χ2n) is 4.20. The number of urea groups is 1. The van der Waals surface area contributed by atoms with E-state index in [1.54, 1.807) is 24.3 Å². The van der Waals surface area contributed by atoms with Gasteiger partial charge in [0.25, 0.3) is 0 Å². The van der Waals surface area contributed by atoms with Crippen molar-refractivity contribution in [1.29, 1.82) is 0 Å². The molecular formula is C14H12ClN3O3. The summed E-state index contributed by atoms with van der Waals surface area (Å²) < 4.78 is 0. The van der Waals surface area contributed by atoms with Gasteiger partial charge in [0.1, 0.15) is 0 Å². The van der Waals surface area contributed by atoms with Gasteiger partial charge in [-0.2, -0.15) is 0 Å². The average Bonchev–Trinajstić information content (AvgIpc) is 2.47. The summed E-state index contributed by atoms with van der Waals surface area (Å²) in [5, 5.41) is 14.6. The maximum absolute atomic E-state index is 11.7. The fraction of sp³-hybridized carbons (Fsp3) is 0.0714. The van der Waals surface area contributed by atoms with E-state index in [0.717, 1.165) is 5.56 Å². The Balaban J connectivity index is 1.91. The summed E-state index contributed by atoms with van der Waals surface area (Å²) in [6, 6.07) is 7.95. The van der Waals surface area contributed by atoms with Crippen LogP contribution in [-0.2, 0) is 6.54 Å². The molecule has 1 aromatic carbocycles. The molecule has 3 N–H and O–H groups in total. The zero-order valence-corrected chi connectivity index (χ0v) is 11.6. The number of halogens is 1. The number of nitrogens with zero attached hydrogens (tertiary/aromatic N) is 1. The van der Waals surface area contributed by atoms with Gasteiger partial charge in [-0.3, -0.25) is 4.98 Å². The molecule has 0 aliphatic rings. The van der Waals surface area contributed by atoms with Crippen LogP contribution in [0.2, 0.25) is 5.02 Å². The third-order valence-electron chi connectivity index (χ3n) is 2.61. The molecular weight excluding hydrogens is 294 g/mol. The first-order valence-corrected chi connectivity index (χ1v) is 6.40. The minimum atomic E-state index is -1.10. The Kier molecular flexibility index (Phi) is 4.73. The highest BCUT2D eigenvalue weighted by Gasteiger charge is 2.06. The van der Waals surface area contributed by atoms with Gasteiger partial charge in [-0.05, 0) is 23.8 Å². The second-order valence-corrected chi connectivity index (χ2v) is 4.64. The zero-order chi connectivity index (χ0) is 15.2. The van der Waals surface area contributed by atoms with Crippen LogP contribution in [0.15, 0.2) is 42.7 Å². The van der Waals surface area contributed by atoms with Gasteiger partial charge in [0.05, 0.1) is 17.4 Å². The molecule has 0 saturated carbocycles. The number of carbonyl (C=O) groups excluding carboxylic acids is 1. The Hall–Kier alpha value is -2.60. The largest absolute Gasteiger partial charge is 0.478 e. The first kappa shape index (κ1) is 14.8. The maximum Gasteiger partial charge on any atom is 0.337 e. The molecule has 108 valence electrons. The van der Waals surface area contributed by atoms with Crippen LogP contribution in [0.3, 0.4) is 0 Å². The minimum absolute atomic E-state index is 0.00509. The lowest BCUT2D eigenvalue weighted by Gasteiger charge is -2.08. The quantitative estimate of drug-likeness (QED) is 0.810. The lowest BCUT2D eigenvalue weighted by Crippen LogP contribution is -2.28. The lowest BCUT2D eigenvalue weighted by molar-refractivity contribution is 0.0696. The number of benzene rings is 1. The number of aromatic carboxylic acids is 1. The number of aromatic nitrogens is 1. The number of nitrogens with one attached hydrogen (secondary N) is 2. The van der Waals surface area contributed by atoms with E-state index in [0.29, 0.717) is 17.3 Å². The monoisotopic (exact) mass is 305 g/mol. The summed E-state index contributed by atoms with van der Waals surface area (Å²) in [6.07, 6.45) is 2.58. The highest BCUT2D eigenvalue weighted by molar-refractivity contribution is 6.30. The predicted octanol–water partition coefficient (Wildman–Crippen LogP) is 2.75. The molecule has 0 spiro atoms. The summed E-state index contributed by atoms with van der Waals surface area (Å²) in [7, 11) is 0. The van der Waals surface area contributed by atoms with E-state index in [-0.39, 0.29) is 5.56 Å². The number of amides is 2. The fourth-order valence-corrected chi connectivity index (χ4v) is 1.71. The molecule has 1 aromatic heterocycles. The Morgan fingerprint density at radius 1 is 1.19 bits per heavy atom. The molecule has 2 amide bonds. The highest BCUT2D eigenvalue weighted by Crippen LogP contribution is 2.10. The minimum Gasteiger partial charge on any atom is -0.478 e. The van der Waals surface area contributed by atoms with E-state index >= 15 is 0 Å². The van der Waals surface area contributed by atoms with Crippen molar-refractivity contribution in [3.8, 4) is 0 Å². The van der Waals surface area contributed by atoms with Gasteiger partial charge in [-0.1, -0.05) is 23.7 Å². The Morgan fingerprint density at radius 2 is 1.90 bits per heavy atom. The van der Waals surface area contributed by atoms with Gasteiger partial charge in [0, 0.05) is 17.8 Å². The number of rotatable bonds is 4. The molecule has 0 aliphatic heterocycles. The summed E-state index contributed by atoms with van der Waals surface area (Å²) in [5.41, 5.74) is 1.21. The average molecular weight is 306 g/mol. The number of pyridine rings is 1. The molecule has 7 heteroatoms. The van der Waals surface area contributed by atoms with Crippen LogP contribution < -0.4 is 10.6 Å². The van der Waals surface area contributed by atoms with E-state index < -0.39 is 12.0 Å². The summed E-state index contributed by atoms with van der Waals surface area (Å²) >= 11 is 5.77. The molecule has 2 aromatic rings.